The fraction of sp³-hybridized carbons (Fsp3) is 0.333. The third kappa shape index (κ3) is 4.77. The summed E-state index contributed by atoms with van der Waals surface area (Å²) in [6.45, 7) is 4.47. The van der Waals surface area contributed by atoms with Crippen LogP contribution in [0.25, 0.3) is 0 Å². The van der Waals surface area contributed by atoms with Crippen LogP contribution < -0.4 is 5.32 Å². The van der Waals surface area contributed by atoms with Gasteiger partial charge in [0.15, 0.2) is 4.34 Å². The molecule has 1 aromatic carbocycles. The summed E-state index contributed by atoms with van der Waals surface area (Å²) in [6, 6.07) is 4.54. The van der Waals surface area contributed by atoms with E-state index < -0.39 is 4.92 Å². The summed E-state index contributed by atoms with van der Waals surface area (Å²) in [5, 5.41) is 15.9. The van der Waals surface area contributed by atoms with Crippen molar-refractivity contribution in [2.24, 2.45) is 0 Å². The molecule has 0 radical (unpaired) electrons. The van der Waals surface area contributed by atoms with Crippen LogP contribution >= 0.6 is 23.1 Å². The highest BCUT2D eigenvalue weighted by Gasteiger charge is 2.19. The minimum Gasteiger partial charge on any atom is -0.352 e. The Labute approximate surface area is 142 Å². The van der Waals surface area contributed by atoms with Gasteiger partial charge in [-0.3, -0.25) is 14.9 Å². The van der Waals surface area contributed by atoms with E-state index in [0.29, 0.717) is 17.0 Å². The number of nitrogens with one attached hydrogen (secondary N) is 1. The molecule has 0 unspecified atom stereocenters. The molecule has 0 aliphatic carbocycles. The second kappa shape index (κ2) is 8.07. The number of hydrogen-bond acceptors (Lipinski definition) is 6. The van der Waals surface area contributed by atoms with Crippen molar-refractivity contribution in [1.29, 1.82) is 0 Å². The van der Waals surface area contributed by atoms with Crippen molar-refractivity contribution in [3.8, 4) is 0 Å². The number of unbranched alkanes of at least 4 members (excludes halogenated alkanes) is 1. The zero-order valence-electron chi connectivity index (χ0n) is 12.9. The second-order valence-corrected chi connectivity index (χ2v) is 7.05. The molecule has 122 valence electrons. The molecule has 8 heteroatoms. The molecule has 0 bridgehead atoms. The van der Waals surface area contributed by atoms with Gasteiger partial charge in [-0.05, 0) is 25.5 Å². The predicted octanol–water partition coefficient (Wildman–Crippen LogP) is 4.04. The van der Waals surface area contributed by atoms with Crippen molar-refractivity contribution in [2.75, 3.05) is 6.54 Å². The number of carbonyl (C=O) groups is 1. The molecule has 6 nitrogen and oxygen atoms in total. The van der Waals surface area contributed by atoms with Gasteiger partial charge >= 0.3 is 0 Å². The van der Waals surface area contributed by atoms with E-state index in [1.165, 1.54) is 29.2 Å². The summed E-state index contributed by atoms with van der Waals surface area (Å²) >= 11 is 2.68. The number of nitrogens with zero attached hydrogens (tertiary/aromatic N) is 2. The molecule has 1 heterocycles. The average molecular weight is 351 g/mol. The molecule has 1 N–H and O–H groups in total. The van der Waals surface area contributed by atoms with E-state index in [9.17, 15) is 14.9 Å². The van der Waals surface area contributed by atoms with Gasteiger partial charge in [-0.15, -0.1) is 11.3 Å². The molecule has 0 saturated carbocycles. The Morgan fingerprint density at radius 3 is 2.87 bits per heavy atom. The molecule has 1 amide bonds. The van der Waals surface area contributed by atoms with Gasteiger partial charge in [0.1, 0.15) is 0 Å². The number of aromatic nitrogens is 1. The molecule has 2 rings (SSSR count). The van der Waals surface area contributed by atoms with E-state index in [0.717, 1.165) is 22.9 Å². The lowest BCUT2D eigenvalue weighted by Crippen LogP contribution is -2.24. The van der Waals surface area contributed by atoms with E-state index in [-0.39, 0.29) is 11.6 Å². The Morgan fingerprint density at radius 1 is 1.48 bits per heavy atom. The lowest BCUT2D eigenvalue weighted by atomic mass is 10.2. The molecule has 0 aliphatic rings. The molecular weight excluding hydrogens is 334 g/mol. The van der Waals surface area contributed by atoms with Crippen LogP contribution in [0.3, 0.4) is 0 Å². The number of nitro groups is 1. The van der Waals surface area contributed by atoms with E-state index in [2.05, 4.69) is 10.3 Å². The first kappa shape index (κ1) is 17.4. The molecule has 1 aromatic heterocycles. The van der Waals surface area contributed by atoms with Crippen LogP contribution in [0.15, 0.2) is 32.8 Å². The molecule has 0 atom stereocenters. The number of nitro benzene ring substituents is 1. The Kier molecular flexibility index (Phi) is 6.12. The first-order chi connectivity index (χ1) is 11.0. The summed E-state index contributed by atoms with van der Waals surface area (Å²) in [4.78, 5) is 27.6. The Bertz CT molecular complexity index is 716. The van der Waals surface area contributed by atoms with Crippen LogP contribution in [-0.2, 0) is 0 Å². The van der Waals surface area contributed by atoms with Crippen molar-refractivity contribution >= 4 is 34.7 Å². The maximum Gasteiger partial charge on any atom is 0.284 e. The zero-order valence-corrected chi connectivity index (χ0v) is 14.5. The monoisotopic (exact) mass is 351 g/mol. The Balaban J connectivity index is 2.20. The van der Waals surface area contributed by atoms with Crippen molar-refractivity contribution in [1.82, 2.24) is 10.3 Å². The van der Waals surface area contributed by atoms with Crippen LogP contribution in [0.5, 0.6) is 0 Å². The fourth-order valence-electron chi connectivity index (χ4n) is 1.84. The minimum absolute atomic E-state index is 0.0778. The van der Waals surface area contributed by atoms with Crippen molar-refractivity contribution in [3.63, 3.8) is 0 Å². The van der Waals surface area contributed by atoms with E-state index >= 15 is 0 Å². The lowest BCUT2D eigenvalue weighted by Gasteiger charge is -2.06. The molecule has 0 saturated heterocycles. The van der Waals surface area contributed by atoms with Gasteiger partial charge < -0.3 is 5.32 Å². The van der Waals surface area contributed by atoms with Gasteiger partial charge in [0.25, 0.3) is 11.6 Å². The molecule has 0 fully saturated rings. The average Bonchev–Trinajstić information content (AvgIpc) is 2.92. The Hall–Kier alpha value is -1.93. The molecule has 0 aliphatic heterocycles. The van der Waals surface area contributed by atoms with Crippen molar-refractivity contribution < 1.29 is 9.72 Å². The third-order valence-corrected chi connectivity index (χ3v) is 5.15. The quantitative estimate of drug-likeness (QED) is 0.462. The highest BCUT2D eigenvalue weighted by atomic mass is 32.2. The normalized spacial score (nSPS) is 10.5. The first-order valence-corrected chi connectivity index (χ1v) is 8.87. The molecule has 2 aromatic rings. The van der Waals surface area contributed by atoms with Gasteiger partial charge in [0, 0.05) is 29.2 Å². The number of benzene rings is 1. The van der Waals surface area contributed by atoms with Crippen LogP contribution in [0.1, 0.15) is 35.8 Å². The third-order valence-electron chi connectivity index (χ3n) is 3.03. The largest absolute Gasteiger partial charge is 0.352 e. The van der Waals surface area contributed by atoms with Gasteiger partial charge in [-0.1, -0.05) is 25.1 Å². The lowest BCUT2D eigenvalue weighted by molar-refractivity contribution is -0.387. The highest BCUT2D eigenvalue weighted by Crippen LogP contribution is 2.36. The van der Waals surface area contributed by atoms with Crippen LogP contribution in [0.4, 0.5) is 5.69 Å². The summed E-state index contributed by atoms with van der Waals surface area (Å²) in [5.74, 6) is -0.289. The van der Waals surface area contributed by atoms with Gasteiger partial charge in [-0.2, -0.15) is 0 Å². The number of rotatable bonds is 7. The SMILES string of the molecule is CCCCNC(=O)c1ccc(Sc2nc(C)cs2)c([N+](=O)[O-])c1. The minimum atomic E-state index is -0.467. The van der Waals surface area contributed by atoms with E-state index in [1.54, 1.807) is 12.1 Å². The summed E-state index contributed by atoms with van der Waals surface area (Å²) in [6.07, 6.45) is 1.86. The number of carbonyl (C=O) groups excluding carboxylic acids is 1. The fourth-order valence-corrected chi connectivity index (χ4v) is 3.72. The summed E-state index contributed by atoms with van der Waals surface area (Å²) in [5.41, 5.74) is 1.10. The predicted molar refractivity (Wildman–Crippen MR) is 91.3 cm³/mol. The maximum absolute atomic E-state index is 12.0. The van der Waals surface area contributed by atoms with E-state index in [4.69, 9.17) is 0 Å². The molecule has 0 spiro atoms. The number of thiazole rings is 1. The topological polar surface area (TPSA) is 85.1 Å². The van der Waals surface area contributed by atoms with Gasteiger partial charge in [0.2, 0.25) is 0 Å². The van der Waals surface area contributed by atoms with Crippen LogP contribution in [0, 0.1) is 17.0 Å². The number of hydrogen-bond donors (Lipinski definition) is 1. The smallest absolute Gasteiger partial charge is 0.284 e. The van der Waals surface area contributed by atoms with Crippen LogP contribution in [0.2, 0.25) is 0 Å². The summed E-state index contributed by atoms with van der Waals surface area (Å²) < 4.78 is 0.741. The van der Waals surface area contributed by atoms with Gasteiger partial charge in [-0.25, -0.2) is 4.98 Å². The zero-order chi connectivity index (χ0) is 16.8. The maximum atomic E-state index is 12.0. The summed E-state index contributed by atoms with van der Waals surface area (Å²) in [7, 11) is 0. The van der Waals surface area contributed by atoms with Crippen LogP contribution in [-0.4, -0.2) is 22.4 Å². The molecule has 23 heavy (non-hydrogen) atoms. The first-order valence-electron chi connectivity index (χ1n) is 7.18. The van der Waals surface area contributed by atoms with E-state index in [1.807, 2.05) is 19.2 Å². The van der Waals surface area contributed by atoms with Gasteiger partial charge in [0.05, 0.1) is 9.82 Å². The van der Waals surface area contributed by atoms with Crippen molar-refractivity contribution in [2.45, 2.75) is 35.9 Å². The Morgan fingerprint density at radius 2 is 2.26 bits per heavy atom. The number of amides is 1. The number of aryl methyl sites for hydroxylation is 1. The van der Waals surface area contributed by atoms with Crippen molar-refractivity contribution in [3.05, 3.63) is 45.0 Å². The molecular formula is C15H17N3O3S2. The second-order valence-electron chi connectivity index (χ2n) is 4.91. The standard InChI is InChI=1S/C15H17N3O3S2/c1-3-4-7-16-14(19)11-5-6-13(12(8-11)18(20)21)23-15-17-10(2)9-22-15/h5-6,8-9H,3-4,7H2,1-2H3,(H,16,19). The highest BCUT2D eigenvalue weighted by molar-refractivity contribution is 8.01.